The van der Waals surface area contributed by atoms with E-state index in [1.165, 1.54) is 5.56 Å². The number of hydrogen-bond donors (Lipinski definition) is 1. The van der Waals surface area contributed by atoms with Crippen molar-refractivity contribution in [3.05, 3.63) is 29.8 Å². The highest BCUT2D eigenvalue weighted by Gasteiger charge is 2.08. The van der Waals surface area contributed by atoms with Crippen molar-refractivity contribution in [1.82, 2.24) is 5.32 Å². The smallest absolute Gasteiger partial charge is 0.122 e. The summed E-state index contributed by atoms with van der Waals surface area (Å²) in [6.07, 6.45) is 1.15. The summed E-state index contributed by atoms with van der Waals surface area (Å²) in [5, 5.41) is 3.26. The fraction of sp³-hybridized carbons (Fsp3) is 0.571. The number of para-hydroxylation sites is 1. The topological polar surface area (TPSA) is 21.3 Å². The van der Waals surface area contributed by atoms with Crippen molar-refractivity contribution >= 4 is 12.4 Å². The quantitative estimate of drug-likeness (QED) is 0.754. The molecule has 2 nitrogen and oxygen atoms in total. The predicted molar refractivity (Wildman–Crippen MR) is 76.4 cm³/mol. The fourth-order valence-corrected chi connectivity index (χ4v) is 1.65. The van der Waals surface area contributed by atoms with Crippen LogP contribution in [-0.2, 0) is 0 Å². The fourth-order valence-electron chi connectivity index (χ4n) is 1.65. The minimum Gasteiger partial charge on any atom is -0.492 e. The van der Waals surface area contributed by atoms with Crippen LogP contribution in [0.2, 0.25) is 0 Å². The molecule has 1 unspecified atom stereocenters. The number of halogens is 1. The Labute approximate surface area is 111 Å². The van der Waals surface area contributed by atoms with Crippen molar-refractivity contribution in [2.45, 2.75) is 33.1 Å². The van der Waals surface area contributed by atoms with Gasteiger partial charge in [0.05, 0.1) is 0 Å². The summed E-state index contributed by atoms with van der Waals surface area (Å²) in [7, 11) is 0. The second-order valence-corrected chi connectivity index (χ2v) is 4.05. The van der Waals surface area contributed by atoms with Crippen LogP contribution in [0.1, 0.15) is 38.7 Å². The highest BCUT2D eigenvalue weighted by Crippen LogP contribution is 2.28. The first kappa shape index (κ1) is 16.3. The van der Waals surface area contributed by atoms with Gasteiger partial charge in [-0.25, -0.2) is 0 Å². The van der Waals surface area contributed by atoms with Gasteiger partial charge in [0, 0.05) is 6.54 Å². The van der Waals surface area contributed by atoms with Crippen LogP contribution in [0.25, 0.3) is 0 Å². The highest BCUT2D eigenvalue weighted by atomic mass is 35.5. The number of benzene rings is 1. The molecular formula is C14H24ClNO. The highest BCUT2D eigenvalue weighted by molar-refractivity contribution is 5.85. The molecule has 1 N–H and O–H groups in total. The van der Waals surface area contributed by atoms with E-state index in [0.29, 0.717) is 5.92 Å². The summed E-state index contributed by atoms with van der Waals surface area (Å²) in [6.45, 7) is 9.20. The molecule has 0 aliphatic carbocycles. The van der Waals surface area contributed by atoms with Crippen LogP contribution in [0.3, 0.4) is 0 Å². The van der Waals surface area contributed by atoms with E-state index in [-0.39, 0.29) is 12.4 Å². The maximum atomic E-state index is 5.80. The summed E-state index contributed by atoms with van der Waals surface area (Å²) in [5.41, 5.74) is 1.32. The van der Waals surface area contributed by atoms with E-state index >= 15 is 0 Å². The van der Waals surface area contributed by atoms with Crippen LogP contribution in [0.4, 0.5) is 0 Å². The third-order valence-corrected chi connectivity index (χ3v) is 2.85. The van der Waals surface area contributed by atoms with E-state index in [0.717, 1.165) is 31.9 Å². The molecule has 1 rings (SSSR count). The Morgan fingerprint density at radius 1 is 1.24 bits per heavy atom. The van der Waals surface area contributed by atoms with Crippen molar-refractivity contribution in [1.29, 1.82) is 0 Å². The standard InChI is InChI=1S/C14H23NO.ClH/c1-4-12(3)13-8-6-7-9-14(13)16-11-10-15-5-2;/h6-9,12,15H,4-5,10-11H2,1-3H3;1H. The van der Waals surface area contributed by atoms with Gasteiger partial charge in [0.2, 0.25) is 0 Å². The first-order chi connectivity index (χ1) is 7.79. The Morgan fingerprint density at radius 2 is 1.94 bits per heavy atom. The van der Waals surface area contributed by atoms with Crippen LogP contribution in [0.15, 0.2) is 24.3 Å². The molecule has 3 heteroatoms. The molecule has 0 amide bonds. The van der Waals surface area contributed by atoms with E-state index in [1.54, 1.807) is 0 Å². The second-order valence-electron chi connectivity index (χ2n) is 4.05. The number of likely N-dealkylation sites (N-methyl/N-ethyl adjacent to an activating group) is 1. The number of hydrogen-bond acceptors (Lipinski definition) is 2. The Kier molecular flexibility index (Phi) is 8.92. The van der Waals surface area contributed by atoms with Crippen molar-refractivity contribution in [3.8, 4) is 5.75 Å². The lowest BCUT2D eigenvalue weighted by Crippen LogP contribution is -2.20. The molecule has 17 heavy (non-hydrogen) atoms. The minimum atomic E-state index is 0. The first-order valence-corrected chi connectivity index (χ1v) is 6.22. The Hall–Kier alpha value is -0.730. The third kappa shape index (κ3) is 5.42. The van der Waals surface area contributed by atoms with Crippen LogP contribution < -0.4 is 10.1 Å². The zero-order valence-corrected chi connectivity index (χ0v) is 11.8. The van der Waals surface area contributed by atoms with Gasteiger partial charge < -0.3 is 10.1 Å². The van der Waals surface area contributed by atoms with Crippen LogP contribution in [0.5, 0.6) is 5.75 Å². The van der Waals surface area contributed by atoms with E-state index < -0.39 is 0 Å². The summed E-state index contributed by atoms with van der Waals surface area (Å²) >= 11 is 0. The van der Waals surface area contributed by atoms with Gasteiger partial charge in [-0.15, -0.1) is 12.4 Å². The van der Waals surface area contributed by atoms with Crippen molar-refractivity contribution in [2.75, 3.05) is 19.7 Å². The van der Waals surface area contributed by atoms with Gasteiger partial charge in [0.15, 0.2) is 0 Å². The molecule has 0 saturated heterocycles. The molecule has 0 aliphatic heterocycles. The van der Waals surface area contributed by atoms with Crippen molar-refractivity contribution in [3.63, 3.8) is 0 Å². The third-order valence-electron chi connectivity index (χ3n) is 2.85. The molecule has 0 heterocycles. The monoisotopic (exact) mass is 257 g/mol. The van der Waals surface area contributed by atoms with Gasteiger partial charge in [0.1, 0.15) is 12.4 Å². The van der Waals surface area contributed by atoms with Gasteiger partial charge >= 0.3 is 0 Å². The Bertz CT molecular complexity index is 304. The summed E-state index contributed by atoms with van der Waals surface area (Å²) in [5.74, 6) is 1.60. The number of ether oxygens (including phenoxy) is 1. The van der Waals surface area contributed by atoms with Crippen LogP contribution in [0, 0.1) is 0 Å². The molecule has 1 aromatic carbocycles. The molecule has 0 aromatic heterocycles. The molecule has 0 aliphatic rings. The van der Waals surface area contributed by atoms with Crippen LogP contribution in [-0.4, -0.2) is 19.7 Å². The minimum absolute atomic E-state index is 0. The van der Waals surface area contributed by atoms with E-state index in [9.17, 15) is 0 Å². The zero-order chi connectivity index (χ0) is 11.8. The second kappa shape index (κ2) is 9.32. The van der Waals surface area contributed by atoms with E-state index in [2.05, 4.69) is 44.3 Å². The molecule has 0 bridgehead atoms. The maximum absolute atomic E-state index is 5.80. The van der Waals surface area contributed by atoms with Gasteiger partial charge in [-0.05, 0) is 30.5 Å². The largest absolute Gasteiger partial charge is 0.492 e. The Morgan fingerprint density at radius 3 is 2.59 bits per heavy atom. The lowest BCUT2D eigenvalue weighted by atomic mass is 9.98. The molecule has 0 spiro atoms. The van der Waals surface area contributed by atoms with E-state index in [1.807, 2.05) is 6.07 Å². The zero-order valence-electron chi connectivity index (χ0n) is 11.0. The number of rotatable bonds is 7. The van der Waals surface area contributed by atoms with E-state index in [4.69, 9.17) is 4.74 Å². The van der Waals surface area contributed by atoms with Gasteiger partial charge in [-0.1, -0.05) is 39.0 Å². The maximum Gasteiger partial charge on any atom is 0.122 e. The molecule has 1 atom stereocenters. The summed E-state index contributed by atoms with van der Waals surface area (Å²) < 4.78 is 5.80. The number of nitrogens with one attached hydrogen (secondary N) is 1. The molecule has 0 saturated carbocycles. The average Bonchev–Trinajstić information content (AvgIpc) is 2.34. The van der Waals surface area contributed by atoms with Crippen molar-refractivity contribution in [2.24, 2.45) is 0 Å². The van der Waals surface area contributed by atoms with Gasteiger partial charge in [-0.3, -0.25) is 0 Å². The predicted octanol–water partition coefficient (Wildman–Crippen LogP) is 3.61. The van der Waals surface area contributed by atoms with Gasteiger partial charge in [-0.2, -0.15) is 0 Å². The normalized spacial score (nSPS) is 11.7. The first-order valence-electron chi connectivity index (χ1n) is 6.22. The van der Waals surface area contributed by atoms with Crippen LogP contribution >= 0.6 is 12.4 Å². The molecule has 98 valence electrons. The summed E-state index contributed by atoms with van der Waals surface area (Å²) in [6, 6.07) is 8.34. The molecular weight excluding hydrogens is 234 g/mol. The SMILES string of the molecule is CCNCCOc1ccccc1C(C)CC.Cl. The summed E-state index contributed by atoms with van der Waals surface area (Å²) in [4.78, 5) is 0. The molecule has 0 fully saturated rings. The average molecular weight is 258 g/mol. The van der Waals surface area contributed by atoms with Gasteiger partial charge in [0.25, 0.3) is 0 Å². The lowest BCUT2D eigenvalue weighted by molar-refractivity contribution is 0.310. The lowest BCUT2D eigenvalue weighted by Gasteiger charge is -2.15. The Balaban J connectivity index is 0.00000256. The molecule has 1 aromatic rings. The molecule has 0 radical (unpaired) electrons. The van der Waals surface area contributed by atoms with Crippen molar-refractivity contribution < 1.29 is 4.74 Å².